The number of carboxylic acid groups (broad SMARTS) is 1. The Bertz CT molecular complexity index is 429. The van der Waals surface area contributed by atoms with E-state index in [1.807, 2.05) is 0 Å². The number of aromatic nitrogens is 1. The molecule has 0 bridgehead atoms. The van der Waals surface area contributed by atoms with E-state index in [9.17, 15) is 9.59 Å². The predicted octanol–water partition coefficient (Wildman–Crippen LogP) is 1.07. The molecule has 1 heterocycles. The number of nitrogens with one attached hydrogen (secondary N) is 2. The summed E-state index contributed by atoms with van der Waals surface area (Å²) in [5, 5.41) is 14.1. The van der Waals surface area contributed by atoms with Gasteiger partial charge in [-0.05, 0) is 25.0 Å². The van der Waals surface area contributed by atoms with Gasteiger partial charge >= 0.3 is 12.0 Å². The molecule has 90 valence electrons. The number of hydrogen-bond acceptors (Lipinski definition) is 3. The van der Waals surface area contributed by atoms with E-state index in [-0.39, 0.29) is 6.54 Å². The summed E-state index contributed by atoms with van der Waals surface area (Å²) >= 11 is 0. The number of carbonyl (C=O) groups is 2. The van der Waals surface area contributed by atoms with Gasteiger partial charge in [0.05, 0.1) is 17.3 Å². The minimum atomic E-state index is -0.848. The second-order valence-electron chi connectivity index (χ2n) is 4.13. The second kappa shape index (κ2) is 4.40. The number of carbonyl (C=O) groups excluding carboxylic acids is 1. The number of hydrogen-bond donors (Lipinski definition) is 3. The Morgan fingerprint density at radius 3 is 2.76 bits per heavy atom. The van der Waals surface area contributed by atoms with Crippen molar-refractivity contribution < 1.29 is 14.7 Å². The second-order valence-corrected chi connectivity index (χ2v) is 4.13. The Labute approximate surface area is 98.1 Å². The zero-order valence-electron chi connectivity index (χ0n) is 9.14. The van der Waals surface area contributed by atoms with E-state index >= 15 is 0 Å². The molecule has 1 saturated carbocycles. The highest BCUT2D eigenvalue weighted by Crippen LogP contribution is 2.45. The molecule has 3 N–H and O–H groups in total. The van der Waals surface area contributed by atoms with Crippen LogP contribution in [0.3, 0.4) is 0 Å². The van der Waals surface area contributed by atoms with Crippen LogP contribution in [0.2, 0.25) is 0 Å². The monoisotopic (exact) mass is 235 g/mol. The first-order valence-electron chi connectivity index (χ1n) is 5.31. The molecule has 0 atom stereocenters. The smallest absolute Gasteiger partial charge is 0.319 e. The lowest BCUT2D eigenvalue weighted by atomic mass is 10.1. The van der Waals surface area contributed by atoms with Crippen molar-refractivity contribution in [1.29, 1.82) is 0 Å². The molecule has 17 heavy (non-hydrogen) atoms. The molecular formula is C11H13N3O3. The van der Waals surface area contributed by atoms with Crippen LogP contribution < -0.4 is 10.6 Å². The molecule has 0 radical (unpaired) electrons. The number of aliphatic carboxylic acids is 1. The maximum Gasteiger partial charge on any atom is 0.319 e. The summed E-state index contributed by atoms with van der Waals surface area (Å²) in [6.07, 6.45) is 4.36. The standard InChI is InChI=1S/C11H13N3O3/c15-9(16)11(3-4-11)7-13-10(17)14-8-2-1-5-12-6-8/h1-2,5-6H,3-4,7H2,(H,15,16)(H2,13,14,17). The quantitative estimate of drug-likeness (QED) is 0.727. The number of pyridine rings is 1. The Balaban J connectivity index is 1.81. The van der Waals surface area contributed by atoms with Crippen LogP contribution in [0.15, 0.2) is 24.5 Å². The van der Waals surface area contributed by atoms with Gasteiger partial charge in [-0.25, -0.2) is 4.79 Å². The molecule has 0 unspecified atom stereocenters. The van der Waals surface area contributed by atoms with Crippen LogP contribution >= 0.6 is 0 Å². The summed E-state index contributed by atoms with van der Waals surface area (Å²) in [7, 11) is 0. The van der Waals surface area contributed by atoms with Gasteiger partial charge in [0.1, 0.15) is 0 Å². The minimum absolute atomic E-state index is 0.161. The number of anilines is 1. The maximum atomic E-state index is 11.5. The number of rotatable bonds is 4. The van der Waals surface area contributed by atoms with Gasteiger partial charge in [0, 0.05) is 12.7 Å². The van der Waals surface area contributed by atoms with Crippen LogP contribution in [0.1, 0.15) is 12.8 Å². The van der Waals surface area contributed by atoms with Gasteiger partial charge < -0.3 is 15.7 Å². The SMILES string of the molecule is O=C(NCC1(C(=O)O)CC1)Nc1cccnc1. The first kappa shape index (κ1) is 11.4. The van der Waals surface area contributed by atoms with Crippen LogP contribution in [0.5, 0.6) is 0 Å². The third-order valence-corrected chi connectivity index (χ3v) is 2.81. The van der Waals surface area contributed by atoms with E-state index < -0.39 is 17.4 Å². The molecule has 2 rings (SSSR count). The van der Waals surface area contributed by atoms with Gasteiger partial charge in [-0.1, -0.05) is 0 Å². The number of urea groups is 1. The van der Waals surface area contributed by atoms with E-state index in [0.717, 1.165) is 0 Å². The molecule has 1 aliphatic carbocycles. The Morgan fingerprint density at radius 2 is 2.24 bits per heavy atom. The van der Waals surface area contributed by atoms with Crippen LogP contribution in [0, 0.1) is 5.41 Å². The predicted molar refractivity (Wildman–Crippen MR) is 60.6 cm³/mol. The first-order chi connectivity index (χ1) is 8.12. The lowest BCUT2D eigenvalue weighted by molar-refractivity contribution is -0.143. The molecule has 0 aromatic carbocycles. The van der Waals surface area contributed by atoms with Crippen molar-refractivity contribution in [2.45, 2.75) is 12.8 Å². The average Bonchev–Trinajstić information content (AvgIpc) is 3.09. The van der Waals surface area contributed by atoms with Crippen LogP contribution in [-0.4, -0.2) is 28.6 Å². The number of amides is 2. The van der Waals surface area contributed by atoms with E-state index in [1.165, 1.54) is 6.20 Å². The average molecular weight is 235 g/mol. The molecule has 6 nitrogen and oxygen atoms in total. The van der Waals surface area contributed by atoms with Crippen molar-refractivity contribution in [1.82, 2.24) is 10.3 Å². The highest BCUT2D eigenvalue weighted by atomic mass is 16.4. The number of carboxylic acids is 1. The third kappa shape index (κ3) is 2.72. The summed E-state index contributed by atoms with van der Waals surface area (Å²) in [6.45, 7) is 0.161. The molecule has 1 aliphatic rings. The van der Waals surface area contributed by atoms with Gasteiger partial charge in [-0.3, -0.25) is 9.78 Å². The molecule has 0 aliphatic heterocycles. The van der Waals surface area contributed by atoms with E-state index in [2.05, 4.69) is 15.6 Å². The summed E-state index contributed by atoms with van der Waals surface area (Å²) in [5.74, 6) is -0.848. The molecular weight excluding hydrogens is 222 g/mol. The third-order valence-electron chi connectivity index (χ3n) is 2.81. The highest BCUT2D eigenvalue weighted by Gasteiger charge is 2.50. The maximum absolute atomic E-state index is 11.5. The molecule has 1 aromatic rings. The van der Waals surface area contributed by atoms with Gasteiger partial charge in [-0.2, -0.15) is 0 Å². The van der Waals surface area contributed by atoms with Gasteiger partial charge in [0.25, 0.3) is 0 Å². The van der Waals surface area contributed by atoms with Gasteiger partial charge in [0.2, 0.25) is 0 Å². The zero-order chi connectivity index (χ0) is 12.3. The van der Waals surface area contributed by atoms with Crippen molar-refractivity contribution >= 4 is 17.7 Å². The fraction of sp³-hybridized carbons (Fsp3) is 0.364. The van der Waals surface area contributed by atoms with E-state index in [0.29, 0.717) is 18.5 Å². The topological polar surface area (TPSA) is 91.3 Å². The van der Waals surface area contributed by atoms with Crippen molar-refractivity contribution in [3.8, 4) is 0 Å². The molecule has 0 saturated heterocycles. The minimum Gasteiger partial charge on any atom is -0.481 e. The fourth-order valence-electron chi connectivity index (χ4n) is 1.48. The van der Waals surface area contributed by atoms with Crippen molar-refractivity contribution in [2.24, 2.45) is 5.41 Å². The van der Waals surface area contributed by atoms with E-state index in [1.54, 1.807) is 18.3 Å². The highest BCUT2D eigenvalue weighted by molar-refractivity contribution is 5.89. The van der Waals surface area contributed by atoms with Crippen molar-refractivity contribution in [3.05, 3.63) is 24.5 Å². The Hall–Kier alpha value is -2.11. The zero-order valence-corrected chi connectivity index (χ0v) is 9.14. The largest absolute Gasteiger partial charge is 0.481 e. The summed E-state index contributed by atoms with van der Waals surface area (Å²) < 4.78 is 0. The van der Waals surface area contributed by atoms with Crippen LogP contribution in [-0.2, 0) is 4.79 Å². The normalized spacial score (nSPS) is 16.0. The van der Waals surface area contributed by atoms with Gasteiger partial charge in [-0.15, -0.1) is 0 Å². The van der Waals surface area contributed by atoms with Gasteiger partial charge in [0.15, 0.2) is 0 Å². The van der Waals surface area contributed by atoms with Crippen LogP contribution in [0.25, 0.3) is 0 Å². The summed E-state index contributed by atoms with van der Waals surface area (Å²) in [4.78, 5) is 26.2. The molecule has 1 aromatic heterocycles. The fourth-order valence-corrected chi connectivity index (χ4v) is 1.48. The molecule has 2 amide bonds. The Morgan fingerprint density at radius 1 is 1.47 bits per heavy atom. The lowest BCUT2D eigenvalue weighted by Gasteiger charge is -2.11. The molecule has 1 fully saturated rings. The summed E-state index contributed by atoms with van der Waals surface area (Å²) in [5.41, 5.74) is -0.170. The summed E-state index contributed by atoms with van der Waals surface area (Å²) in [6, 6.07) is 3.00. The van der Waals surface area contributed by atoms with Crippen molar-refractivity contribution in [3.63, 3.8) is 0 Å². The van der Waals surface area contributed by atoms with Crippen molar-refractivity contribution in [2.75, 3.05) is 11.9 Å². The Kier molecular flexibility index (Phi) is 2.95. The number of nitrogens with zero attached hydrogens (tertiary/aromatic N) is 1. The lowest BCUT2D eigenvalue weighted by Crippen LogP contribution is -2.36. The first-order valence-corrected chi connectivity index (χ1v) is 5.31. The van der Waals surface area contributed by atoms with E-state index in [4.69, 9.17) is 5.11 Å². The van der Waals surface area contributed by atoms with Crippen LogP contribution in [0.4, 0.5) is 10.5 Å². The molecule has 6 heteroatoms. The molecule has 0 spiro atoms.